The number of carbonyl (C=O) groups excluding carboxylic acids is 2. The third kappa shape index (κ3) is 6.32. The van der Waals surface area contributed by atoms with Crippen LogP contribution in [0.4, 0.5) is 41.0 Å². The number of anilines is 4. The summed E-state index contributed by atoms with van der Waals surface area (Å²) in [7, 11) is 0. The zero-order valence-corrected chi connectivity index (χ0v) is 19.7. The zero-order chi connectivity index (χ0) is 26.6. The quantitative estimate of drug-likeness (QED) is 0.470. The summed E-state index contributed by atoms with van der Waals surface area (Å²) in [5.74, 6) is -0.274. The van der Waals surface area contributed by atoms with Crippen molar-refractivity contribution >= 4 is 34.9 Å². The Bertz CT molecular complexity index is 1300. The van der Waals surface area contributed by atoms with Crippen LogP contribution in [0.25, 0.3) is 0 Å². The molecule has 3 aromatic rings. The summed E-state index contributed by atoms with van der Waals surface area (Å²) in [4.78, 5) is 34.1. The molecule has 1 aromatic heterocycles. The fourth-order valence-corrected chi connectivity index (χ4v) is 3.65. The predicted molar refractivity (Wildman–Crippen MR) is 131 cm³/mol. The molecule has 1 aliphatic heterocycles. The monoisotopic (exact) mass is 515 g/mol. The fourth-order valence-electron chi connectivity index (χ4n) is 3.65. The highest BCUT2D eigenvalue weighted by Gasteiger charge is 2.31. The molecule has 194 valence electrons. The van der Waals surface area contributed by atoms with E-state index in [2.05, 4.69) is 20.6 Å². The van der Waals surface area contributed by atoms with Crippen molar-refractivity contribution in [3.05, 3.63) is 71.5 Å². The van der Waals surface area contributed by atoms with Gasteiger partial charge in [0.1, 0.15) is 12.1 Å². The van der Waals surface area contributed by atoms with E-state index >= 15 is 0 Å². The molecular weight excluding hydrogens is 491 g/mol. The smallest absolute Gasteiger partial charge is 0.384 e. The van der Waals surface area contributed by atoms with Crippen molar-refractivity contribution in [2.45, 2.75) is 13.1 Å². The van der Waals surface area contributed by atoms with Crippen molar-refractivity contribution in [1.29, 1.82) is 0 Å². The summed E-state index contributed by atoms with van der Waals surface area (Å²) in [5, 5.41) is 8.49. The van der Waals surface area contributed by atoms with Crippen LogP contribution in [0.15, 0.2) is 54.9 Å². The Balaban J connectivity index is 1.55. The second-order valence-electron chi connectivity index (χ2n) is 8.17. The van der Waals surface area contributed by atoms with Gasteiger partial charge in [0.25, 0.3) is 5.91 Å². The number of aryl methyl sites for hydroxylation is 1. The highest BCUT2D eigenvalue weighted by molar-refractivity contribution is 6.05. The topological polar surface area (TPSA) is 126 Å². The Kier molecular flexibility index (Phi) is 7.55. The average Bonchev–Trinajstić information content (AvgIpc) is 2.86. The van der Waals surface area contributed by atoms with E-state index in [4.69, 9.17) is 10.5 Å². The minimum Gasteiger partial charge on any atom is -0.384 e. The highest BCUT2D eigenvalue weighted by atomic mass is 19.4. The van der Waals surface area contributed by atoms with Crippen molar-refractivity contribution < 1.29 is 27.5 Å². The van der Waals surface area contributed by atoms with Crippen molar-refractivity contribution in [3.8, 4) is 0 Å². The molecule has 0 unspecified atom stereocenters. The zero-order valence-electron chi connectivity index (χ0n) is 19.7. The minimum atomic E-state index is -4.57. The fraction of sp³-hybridized carbons (Fsp3) is 0.250. The molecule has 0 spiro atoms. The Morgan fingerprint density at radius 3 is 2.51 bits per heavy atom. The van der Waals surface area contributed by atoms with Crippen molar-refractivity contribution in [3.63, 3.8) is 0 Å². The van der Waals surface area contributed by atoms with Gasteiger partial charge in [0.05, 0.1) is 18.8 Å². The molecular formula is C24H24F3N7O3. The Morgan fingerprint density at radius 1 is 1.05 bits per heavy atom. The number of halogens is 3. The van der Waals surface area contributed by atoms with Crippen LogP contribution in [0.3, 0.4) is 0 Å². The predicted octanol–water partition coefficient (Wildman–Crippen LogP) is 3.92. The number of ether oxygens (including phenoxy) is 1. The van der Waals surface area contributed by atoms with E-state index in [1.807, 2.05) is 0 Å². The van der Waals surface area contributed by atoms with Crippen LogP contribution in [0, 0.1) is 6.92 Å². The molecule has 4 rings (SSSR count). The van der Waals surface area contributed by atoms with E-state index in [0.29, 0.717) is 37.6 Å². The van der Waals surface area contributed by atoms with E-state index in [1.54, 1.807) is 24.1 Å². The van der Waals surface area contributed by atoms with E-state index in [9.17, 15) is 22.8 Å². The van der Waals surface area contributed by atoms with Gasteiger partial charge >= 0.3 is 12.2 Å². The molecule has 0 aliphatic carbocycles. The van der Waals surface area contributed by atoms with E-state index in [1.165, 1.54) is 35.6 Å². The van der Waals surface area contributed by atoms with E-state index in [0.717, 1.165) is 12.1 Å². The number of benzene rings is 2. The first-order valence-electron chi connectivity index (χ1n) is 11.2. The largest absolute Gasteiger partial charge is 0.416 e. The third-order valence-corrected chi connectivity index (χ3v) is 5.54. The normalized spacial score (nSPS) is 14.2. The van der Waals surface area contributed by atoms with Gasteiger partial charge in [-0.05, 0) is 42.8 Å². The number of carbonyl (C=O) groups is 2. The van der Waals surface area contributed by atoms with Gasteiger partial charge in [0.15, 0.2) is 5.82 Å². The molecule has 13 heteroatoms. The number of nitrogens with zero attached hydrogens (tertiary/aromatic N) is 4. The Hall–Kier alpha value is -4.23. The second kappa shape index (κ2) is 10.8. The molecule has 10 nitrogen and oxygen atoms in total. The summed E-state index contributed by atoms with van der Waals surface area (Å²) in [6, 6.07) is 9.82. The van der Waals surface area contributed by atoms with Crippen LogP contribution in [0.1, 0.15) is 21.5 Å². The van der Waals surface area contributed by atoms with Gasteiger partial charge in [-0.3, -0.25) is 4.79 Å². The van der Waals surface area contributed by atoms with Crippen LogP contribution in [0.5, 0.6) is 0 Å². The second-order valence-corrected chi connectivity index (χ2v) is 8.17. The first-order chi connectivity index (χ1) is 17.6. The Labute approximate surface area is 210 Å². The number of aromatic nitrogens is 2. The number of alkyl halides is 3. The summed E-state index contributed by atoms with van der Waals surface area (Å²) in [6.45, 7) is 3.46. The lowest BCUT2D eigenvalue weighted by atomic mass is 10.1. The maximum Gasteiger partial charge on any atom is 0.416 e. The lowest BCUT2D eigenvalue weighted by Gasteiger charge is -2.36. The number of rotatable bonds is 5. The molecule has 37 heavy (non-hydrogen) atoms. The molecule has 1 saturated heterocycles. The van der Waals surface area contributed by atoms with Gasteiger partial charge in [-0.25, -0.2) is 24.8 Å². The summed E-state index contributed by atoms with van der Waals surface area (Å²) >= 11 is 0. The van der Waals surface area contributed by atoms with E-state index in [-0.39, 0.29) is 22.9 Å². The molecule has 0 bridgehead atoms. The SMILES string of the molecule is Cc1ccc(NC(=O)c2cccc(C(F)(F)F)c2)cc1NC(=O)N(c1cc(N)ncn1)N1CCOCC1. The summed E-state index contributed by atoms with van der Waals surface area (Å²) in [6.07, 6.45) is -3.32. The van der Waals surface area contributed by atoms with Crippen LogP contribution in [-0.4, -0.2) is 53.2 Å². The molecule has 3 amide bonds. The number of urea groups is 1. The molecule has 1 aliphatic rings. The number of hydrogen-bond donors (Lipinski definition) is 3. The number of hydrogen-bond acceptors (Lipinski definition) is 7. The number of nitrogen functional groups attached to an aromatic ring is 1. The van der Waals surface area contributed by atoms with E-state index < -0.39 is 23.7 Å². The molecule has 4 N–H and O–H groups in total. The van der Waals surface area contributed by atoms with Crippen molar-refractivity contribution in [1.82, 2.24) is 15.0 Å². The molecule has 1 fully saturated rings. The third-order valence-electron chi connectivity index (χ3n) is 5.54. The minimum absolute atomic E-state index is 0.152. The van der Waals surface area contributed by atoms with Crippen molar-refractivity contribution in [2.75, 3.05) is 47.7 Å². The maximum absolute atomic E-state index is 13.4. The van der Waals surface area contributed by atoms with Crippen molar-refractivity contribution in [2.24, 2.45) is 0 Å². The first kappa shape index (κ1) is 25.9. The number of nitrogens with two attached hydrogens (primary N) is 1. The van der Waals surface area contributed by atoms with Gasteiger partial charge in [-0.2, -0.15) is 13.2 Å². The van der Waals surface area contributed by atoms with Gasteiger partial charge in [-0.15, -0.1) is 0 Å². The number of amides is 3. The number of nitrogens with one attached hydrogen (secondary N) is 2. The number of hydrazine groups is 1. The van der Waals surface area contributed by atoms with Gasteiger partial charge in [-0.1, -0.05) is 12.1 Å². The van der Waals surface area contributed by atoms with Crippen LogP contribution in [-0.2, 0) is 10.9 Å². The maximum atomic E-state index is 13.4. The highest BCUT2D eigenvalue weighted by Crippen LogP contribution is 2.30. The first-order valence-corrected chi connectivity index (χ1v) is 11.2. The summed E-state index contributed by atoms with van der Waals surface area (Å²) in [5.41, 5.74) is 6.07. The van der Waals surface area contributed by atoms with Crippen LogP contribution < -0.4 is 21.4 Å². The lowest BCUT2D eigenvalue weighted by molar-refractivity contribution is -0.137. The number of morpholine rings is 1. The molecule has 0 radical (unpaired) electrons. The Morgan fingerprint density at radius 2 is 1.81 bits per heavy atom. The lowest BCUT2D eigenvalue weighted by Crippen LogP contribution is -2.53. The van der Waals surface area contributed by atoms with Gasteiger partial charge in [0, 0.05) is 36.1 Å². The summed E-state index contributed by atoms with van der Waals surface area (Å²) < 4.78 is 44.4. The molecule has 0 saturated carbocycles. The van der Waals surface area contributed by atoms with Crippen LogP contribution in [0.2, 0.25) is 0 Å². The molecule has 2 aromatic carbocycles. The van der Waals surface area contributed by atoms with Crippen LogP contribution >= 0.6 is 0 Å². The molecule has 2 heterocycles. The molecule has 0 atom stereocenters. The average molecular weight is 515 g/mol. The van der Waals surface area contributed by atoms with Gasteiger partial charge < -0.3 is 21.1 Å². The standard InChI is InChI=1S/C24H24F3N7O3/c1-15-5-6-18(31-22(35)16-3-2-4-17(11-16)24(25,26)27)12-19(15)32-23(36)34(33-7-9-37-10-8-33)21-13-20(28)29-14-30-21/h2-6,11-14H,7-10H2,1H3,(H,31,35)(H,32,36)(H2,28,29,30). The van der Waals surface area contributed by atoms with Gasteiger partial charge in [0.2, 0.25) is 0 Å².